The van der Waals surface area contributed by atoms with Crippen LogP contribution < -0.4 is 0 Å². The van der Waals surface area contributed by atoms with Crippen LogP contribution in [0.4, 0.5) is 0 Å². The number of nitrogens with zero attached hydrogens (tertiary/aromatic N) is 1. The third-order valence-corrected chi connectivity index (χ3v) is 3.74. The van der Waals surface area contributed by atoms with E-state index in [1.807, 2.05) is 18.2 Å². The fraction of sp³-hybridized carbons (Fsp3) is 0.0625. The Kier molecular flexibility index (Phi) is 3.03. The Labute approximate surface area is 111 Å². The fourth-order valence-corrected chi connectivity index (χ4v) is 2.63. The van der Waals surface area contributed by atoms with Gasteiger partial charge in [0.05, 0.1) is 11.2 Å². The SMILES string of the molecule is CSc1cccc2ccc(-c3ccccc3)nc12. The van der Waals surface area contributed by atoms with Crippen LogP contribution in [0.5, 0.6) is 0 Å². The zero-order chi connectivity index (χ0) is 12.4. The van der Waals surface area contributed by atoms with E-state index < -0.39 is 0 Å². The predicted octanol–water partition coefficient (Wildman–Crippen LogP) is 4.62. The third kappa shape index (κ3) is 2.00. The van der Waals surface area contributed by atoms with E-state index in [4.69, 9.17) is 4.98 Å². The minimum absolute atomic E-state index is 1.03. The second-order valence-corrected chi connectivity index (χ2v) is 4.94. The highest BCUT2D eigenvalue weighted by Crippen LogP contribution is 2.27. The number of para-hydroxylation sites is 1. The summed E-state index contributed by atoms with van der Waals surface area (Å²) in [5.41, 5.74) is 3.28. The number of hydrogen-bond acceptors (Lipinski definition) is 2. The maximum Gasteiger partial charge on any atom is 0.0845 e. The van der Waals surface area contributed by atoms with Crippen LogP contribution in [0, 0.1) is 0 Å². The molecule has 0 spiro atoms. The van der Waals surface area contributed by atoms with Crippen molar-refractivity contribution in [3.63, 3.8) is 0 Å². The van der Waals surface area contributed by atoms with E-state index in [9.17, 15) is 0 Å². The Morgan fingerprint density at radius 1 is 0.833 bits per heavy atom. The summed E-state index contributed by atoms with van der Waals surface area (Å²) in [6, 6.07) is 20.8. The quantitative estimate of drug-likeness (QED) is 0.616. The second kappa shape index (κ2) is 4.83. The van der Waals surface area contributed by atoms with Crippen molar-refractivity contribution < 1.29 is 0 Å². The first kappa shape index (κ1) is 11.3. The van der Waals surface area contributed by atoms with Crippen molar-refractivity contribution in [1.82, 2.24) is 4.98 Å². The molecular weight excluding hydrogens is 238 g/mol. The molecule has 3 aromatic rings. The zero-order valence-corrected chi connectivity index (χ0v) is 10.9. The molecule has 18 heavy (non-hydrogen) atoms. The fourth-order valence-electron chi connectivity index (χ4n) is 2.05. The monoisotopic (exact) mass is 251 g/mol. The van der Waals surface area contributed by atoms with Gasteiger partial charge in [0.15, 0.2) is 0 Å². The Balaban J connectivity index is 2.22. The summed E-state index contributed by atoms with van der Waals surface area (Å²) in [4.78, 5) is 6.02. The molecule has 0 atom stereocenters. The summed E-state index contributed by atoms with van der Waals surface area (Å²) >= 11 is 1.74. The molecule has 0 amide bonds. The number of rotatable bonds is 2. The average molecular weight is 251 g/mol. The first-order valence-electron chi connectivity index (χ1n) is 5.87. The number of pyridine rings is 1. The number of fused-ring (bicyclic) bond motifs is 1. The van der Waals surface area contributed by atoms with Crippen LogP contribution in [0.1, 0.15) is 0 Å². The van der Waals surface area contributed by atoms with E-state index in [2.05, 4.69) is 48.7 Å². The maximum atomic E-state index is 4.80. The van der Waals surface area contributed by atoms with Crippen molar-refractivity contribution in [2.75, 3.05) is 6.26 Å². The standard InChI is InChI=1S/C16H13NS/c1-18-15-9-5-8-13-10-11-14(17-16(13)15)12-6-3-2-4-7-12/h2-11H,1H3. The largest absolute Gasteiger partial charge is 0.247 e. The summed E-state index contributed by atoms with van der Waals surface area (Å²) in [5.74, 6) is 0. The van der Waals surface area contributed by atoms with E-state index >= 15 is 0 Å². The van der Waals surface area contributed by atoms with Gasteiger partial charge in [-0.2, -0.15) is 0 Å². The summed E-state index contributed by atoms with van der Waals surface area (Å²) in [6.07, 6.45) is 2.09. The van der Waals surface area contributed by atoms with Gasteiger partial charge in [-0.25, -0.2) is 4.98 Å². The number of hydrogen-bond donors (Lipinski definition) is 0. The first-order chi connectivity index (χ1) is 8.88. The lowest BCUT2D eigenvalue weighted by atomic mass is 10.1. The van der Waals surface area contributed by atoms with Crippen molar-refractivity contribution in [2.45, 2.75) is 4.90 Å². The van der Waals surface area contributed by atoms with Crippen LogP contribution >= 0.6 is 11.8 Å². The van der Waals surface area contributed by atoms with Crippen molar-refractivity contribution in [1.29, 1.82) is 0 Å². The number of benzene rings is 2. The number of thioether (sulfide) groups is 1. The average Bonchev–Trinajstić information content (AvgIpc) is 2.47. The smallest absolute Gasteiger partial charge is 0.0845 e. The Morgan fingerprint density at radius 2 is 1.67 bits per heavy atom. The Hall–Kier alpha value is -1.80. The van der Waals surface area contributed by atoms with Gasteiger partial charge in [0.1, 0.15) is 0 Å². The lowest BCUT2D eigenvalue weighted by Crippen LogP contribution is -1.86. The van der Waals surface area contributed by atoms with E-state index in [0.717, 1.165) is 16.8 Å². The van der Waals surface area contributed by atoms with Crippen LogP contribution in [0.2, 0.25) is 0 Å². The highest BCUT2D eigenvalue weighted by Gasteiger charge is 2.04. The molecule has 2 heteroatoms. The van der Waals surface area contributed by atoms with Crippen molar-refractivity contribution in [2.24, 2.45) is 0 Å². The Bertz CT molecular complexity index is 677. The molecule has 0 radical (unpaired) electrons. The van der Waals surface area contributed by atoms with E-state index in [1.54, 1.807) is 11.8 Å². The van der Waals surface area contributed by atoms with Crippen LogP contribution in [0.15, 0.2) is 65.6 Å². The zero-order valence-electron chi connectivity index (χ0n) is 10.1. The summed E-state index contributed by atoms with van der Waals surface area (Å²) in [7, 11) is 0. The van der Waals surface area contributed by atoms with Gasteiger partial charge in [-0.3, -0.25) is 0 Å². The van der Waals surface area contributed by atoms with Crippen molar-refractivity contribution in [3.8, 4) is 11.3 Å². The van der Waals surface area contributed by atoms with E-state index in [0.29, 0.717) is 0 Å². The van der Waals surface area contributed by atoms with Crippen molar-refractivity contribution in [3.05, 3.63) is 60.7 Å². The first-order valence-corrected chi connectivity index (χ1v) is 7.10. The summed E-state index contributed by atoms with van der Waals surface area (Å²) < 4.78 is 0. The maximum absolute atomic E-state index is 4.80. The number of aromatic nitrogens is 1. The molecule has 0 aliphatic carbocycles. The van der Waals surface area contributed by atoms with Gasteiger partial charge in [0.2, 0.25) is 0 Å². The minimum atomic E-state index is 1.03. The molecule has 1 heterocycles. The molecule has 1 nitrogen and oxygen atoms in total. The van der Waals surface area contributed by atoms with Gasteiger partial charge >= 0.3 is 0 Å². The molecule has 0 aliphatic heterocycles. The minimum Gasteiger partial charge on any atom is -0.247 e. The molecule has 0 unspecified atom stereocenters. The molecular formula is C16H13NS. The second-order valence-electron chi connectivity index (χ2n) is 4.09. The molecule has 0 aliphatic rings. The topological polar surface area (TPSA) is 12.9 Å². The van der Waals surface area contributed by atoms with Crippen LogP contribution in [0.25, 0.3) is 22.2 Å². The summed E-state index contributed by atoms with van der Waals surface area (Å²) in [6.45, 7) is 0. The molecule has 0 fully saturated rings. The van der Waals surface area contributed by atoms with Gasteiger partial charge in [-0.05, 0) is 18.4 Å². The van der Waals surface area contributed by atoms with E-state index in [-0.39, 0.29) is 0 Å². The lowest BCUT2D eigenvalue weighted by Gasteiger charge is -2.06. The van der Waals surface area contributed by atoms with Crippen LogP contribution in [-0.4, -0.2) is 11.2 Å². The van der Waals surface area contributed by atoms with E-state index in [1.165, 1.54) is 10.3 Å². The van der Waals surface area contributed by atoms with Crippen molar-refractivity contribution >= 4 is 22.7 Å². The van der Waals surface area contributed by atoms with Gasteiger partial charge < -0.3 is 0 Å². The predicted molar refractivity (Wildman–Crippen MR) is 79.0 cm³/mol. The molecule has 3 rings (SSSR count). The van der Waals surface area contributed by atoms with Gasteiger partial charge in [0.25, 0.3) is 0 Å². The summed E-state index contributed by atoms with van der Waals surface area (Å²) in [5, 5.41) is 1.20. The van der Waals surface area contributed by atoms with Gasteiger partial charge in [-0.15, -0.1) is 11.8 Å². The molecule has 0 saturated heterocycles. The van der Waals surface area contributed by atoms with Crippen LogP contribution in [-0.2, 0) is 0 Å². The third-order valence-electron chi connectivity index (χ3n) is 2.97. The molecule has 0 N–H and O–H groups in total. The molecule has 2 aromatic carbocycles. The highest BCUT2D eigenvalue weighted by molar-refractivity contribution is 7.98. The Morgan fingerprint density at radius 3 is 2.44 bits per heavy atom. The molecule has 88 valence electrons. The lowest BCUT2D eigenvalue weighted by molar-refractivity contribution is 1.35. The van der Waals surface area contributed by atoms with Gasteiger partial charge in [-0.1, -0.05) is 48.5 Å². The highest BCUT2D eigenvalue weighted by atomic mass is 32.2. The molecule has 0 bridgehead atoms. The van der Waals surface area contributed by atoms with Crippen LogP contribution in [0.3, 0.4) is 0 Å². The molecule has 1 aromatic heterocycles. The molecule has 0 saturated carbocycles. The van der Waals surface area contributed by atoms with Gasteiger partial charge in [0, 0.05) is 15.8 Å². The normalized spacial score (nSPS) is 10.7.